The number of nitrogen functional groups attached to an aromatic ring is 1. The maximum absolute atomic E-state index is 12.3. The predicted molar refractivity (Wildman–Crippen MR) is 77.8 cm³/mol. The molecule has 0 saturated carbocycles. The lowest BCUT2D eigenvalue weighted by molar-refractivity contribution is 0.441. The summed E-state index contributed by atoms with van der Waals surface area (Å²) in [6.07, 6.45) is 0. The number of rotatable bonds is 4. The highest BCUT2D eigenvalue weighted by atomic mass is 32.2. The molecule has 0 aliphatic heterocycles. The molecule has 0 radical (unpaired) electrons. The number of sulfonamides is 1. The zero-order valence-corrected chi connectivity index (χ0v) is 12.5. The average molecular weight is 294 g/mol. The molecule has 0 spiro atoms. The molecule has 0 amide bonds. The van der Waals surface area contributed by atoms with Crippen molar-refractivity contribution in [2.24, 2.45) is 0 Å². The second-order valence-corrected chi connectivity index (χ2v) is 6.52. The number of aryl methyl sites for hydroxylation is 2. The monoisotopic (exact) mass is 294 g/mol. The number of benzene rings is 1. The van der Waals surface area contributed by atoms with Crippen molar-refractivity contribution in [3.63, 3.8) is 0 Å². The Morgan fingerprint density at radius 2 is 1.90 bits per heavy atom. The van der Waals surface area contributed by atoms with Crippen molar-refractivity contribution in [1.29, 1.82) is 0 Å². The van der Waals surface area contributed by atoms with E-state index in [1.54, 1.807) is 31.2 Å². The molecular weight excluding hydrogens is 276 g/mol. The van der Waals surface area contributed by atoms with Crippen molar-refractivity contribution in [1.82, 2.24) is 4.72 Å². The van der Waals surface area contributed by atoms with Gasteiger partial charge in [0.1, 0.15) is 16.4 Å². The van der Waals surface area contributed by atoms with E-state index in [2.05, 4.69) is 4.72 Å². The van der Waals surface area contributed by atoms with Gasteiger partial charge >= 0.3 is 0 Å². The smallest absolute Gasteiger partial charge is 0.243 e. The molecule has 108 valence electrons. The minimum absolute atomic E-state index is 0.0817. The van der Waals surface area contributed by atoms with E-state index in [4.69, 9.17) is 10.2 Å². The Hall–Kier alpha value is -1.79. The molecule has 0 aliphatic carbocycles. The predicted octanol–water partition coefficient (Wildman–Crippen LogP) is 2.52. The van der Waals surface area contributed by atoms with E-state index in [9.17, 15) is 8.42 Å². The van der Waals surface area contributed by atoms with Crippen LogP contribution in [0.5, 0.6) is 0 Å². The number of anilines is 1. The van der Waals surface area contributed by atoms with Crippen LogP contribution in [0.3, 0.4) is 0 Å². The fraction of sp³-hybridized carbons (Fsp3) is 0.286. The van der Waals surface area contributed by atoms with Gasteiger partial charge in [0.15, 0.2) is 0 Å². The van der Waals surface area contributed by atoms with Gasteiger partial charge in [-0.15, -0.1) is 0 Å². The first-order chi connectivity index (χ1) is 9.29. The van der Waals surface area contributed by atoms with E-state index in [0.717, 1.165) is 11.3 Å². The Labute approximate surface area is 118 Å². The van der Waals surface area contributed by atoms with E-state index >= 15 is 0 Å². The van der Waals surface area contributed by atoms with Crippen LogP contribution in [-0.4, -0.2) is 8.42 Å². The summed E-state index contributed by atoms with van der Waals surface area (Å²) in [5, 5.41) is 0. The van der Waals surface area contributed by atoms with Crippen LogP contribution >= 0.6 is 0 Å². The third-order valence-corrected chi connectivity index (χ3v) is 4.59. The minimum Gasteiger partial charge on any atom is -0.465 e. The lowest BCUT2D eigenvalue weighted by Crippen LogP contribution is -2.27. The van der Waals surface area contributed by atoms with Gasteiger partial charge in [0.2, 0.25) is 10.0 Å². The molecule has 0 saturated heterocycles. The molecule has 2 aromatic rings. The molecule has 1 aromatic carbocycles. The molecule has 6 heteroatoms. The van der Waals surface area contributed by atoms with E-state index in [-0.39, 0.29) is 10.6 Å². The second kappa shape index (κ2) is 5.30. The molecule has 0 aliphatic rings. The summed E-state index contributed by atoms with van der Waals surface area (Å²) in [5.41, 5.74) is 6.93. The number of nitrogens with one attached hydrogen (secondary N) is 1. The molecule has 5 nitrogen and oxygen atoms in total. The zero-order chi connectivity index (χ0) is 14.9. The summed E-state index contributed by atoms with van der Waals surface area (Å²) in [5.74, 6) is 1.30. The Kier molecular flexibility index (Phi) is 3.87. The summed E-state index contributed by atoms with van der Waals surface area (Å²) < 4.78 is 32.6. The standard InChI is InChI=1S/C14H18N2O3S/c1-9-4-7-14(12(15)8-9)20(17,18)16-11(3)13-6-5-10(2)19-13/h4-8,11,16H,15H2,1-3H3. The van der Waals surface area contributed by atoms with Crippen LogP contribution in [0.4, 0.5) is 5.69 Å². The van der Waals surface area contributed by atoms with Gasteiger partial charge in [-0.2, -0.15) is 0 Å². The van der Waals surface area contributed by atoms with Gasteiger partial charge in [-0.3, -0.25) is 0 Å². The summed E-state index contributed by atoms with van der Waals surface area (Å²) in [7, 11) is -3.68. The number of hydrogen-bond acceptors (Lipinski definition) is 4. The molecule has 3 N–H and O–H groups in total. The molecule has 1 heterocycles. The Morgan fingerprint density at radius 1 is 1.20 bits per heavy atom. The topological polar surface area (TPSA) is 85.3 Å². The highest BCUT2D eigenvalue weighted by Gasteiger charge is 2.22. The molecule has 0 fully saturated rings. The quantitative estimate of drug-likeness (QED) is 0.848. The number of furan rings is 1. The van der Waals surface area contributed by atoms with Crippen LogP contribution in [0.2, 0.25) is 0 Å². The molecule has 1 aromatic heterocycles. The Morgan fingerprint density at radius 3 is 2.45 bits per heavy atom. The highest BCUT2D eigenvalue weighted by molar-refractivity contribution is 7.89. The Bertz CT molecular complexity index is 720. The van der Waals surface area contributed by atoms with Crippen LogP contribution in [0.15, 0.2) is 39.6 Å². The van der Waals surface area contributed by atoms with Crippen LogP contribution < -0.4 is 10.5 Å². The summed E-state index contributed by atoms with van der Waals surface area (Å²) in [4.78, 5) is 0.0817. The number of nitrogens with two attached hydrogens (primary N) is 1. The fourth-order valence-corrected chi connectivity index (χ4v) is 3.28. The third-order valence-electron chi connectivity index (χ3n) is 2.97. The molecular formula is C14H18N2O3S. The lowest BCUT2D eigenvalue weighted by atomic mass is 10.2. The first-order valence-corrected chi connectivity index (χ1v) is 7.73. The van der Waals surface area contributed by atoms with Gasteiger partial charge in [-0.25, -0.2) is 13.1 Å². The van der Waals surface area contributed by atoms with Crippen LogP contribution in [0, 0.1) is 13.8 Å². The Balaban J connectivity index is 2.27. The second-order valence-electron chi connectivity index (χ2n) is 4.83. The van der Waals surface area contributed by atoms with Crippen molar-refractivity contribution in [2.75, 3.05) is 5.73 Å². The van der Waals surface area contributed by atoms with Gasteiger partial charge in [0.25, 0.3) is 0 Å². The average Bonchev–Trinajstić information content (AvgIpc) is 2.74. The van der Waals surface area contributed by atoms with Crippen molar-refractivity contribution in [2.45, 2.75) is 31.7 Å². The first-order valence-electron chi connectivity index (χ1n) is 6.24. The SMILES string of the molecule is Cc1ccc(S(=O)(=O)NC(C)c2ccc(C)o2)c(N)c1. The zero-order valence-electron chi connectivity index (χ0n) is 11.7. The molecule has 0 bridgehead atoms. The normalized spacial score (nSPS) is 13.3. The van der Waals surface area contributed by atoms with Crippen molar-refractivity contribution in [3.05, 3.63) is 47.4 Å². The van der Waals surface area contributed by atoms with Crippen molar-refractivity contribution >= 4 is 15.7 Å². The van der Waals surface area contributed by atoms with Gasteiger partial charge in [-0.1, -0.05) is 6.07 Å². The summed E-state index contributed by atoms with van der Waals surface area (Å²) in [6.45, 7) is 5.39. The molecule has 1 atom stereocenters. The van der Waals surface area contributed by atoms with Crippen molar-refractivity contribution < 1.29 is 12.8 Å². The van der Waals surface area contributed by atoms with Gasteiger partial charge in [0, 0.05) is 0 Å². The first kappa shape index (κ1) is 14.6. The lowest BCUT2D eigenvalue weighted by Gasteiger charge is -2.13. The van der Waals surface area contributed by atoms with Gasteiger partial charge in [-0.05, 0) is 50.6 Å². The van der Waals surface area contributed by atoms with E-state index in [0.29, 0.717) is 5.76 Å². The fourth-order valence-electron chi connectivity index (χ4n) is 1.95. The summed E-state index contributed by atoms with van der Waals surface area (Å²) >= 11 is 0. The van der Waals surface area contributed by atoms with E-state index < -0.39 is 16.1 Å². The third kappa shape index (κ3) is 3.02. The highest BCUT2D eigenvalue weighted by Crippen LogP contribution is 2.23. The van der Waals surface area contributed by atoms with Crippen LogP contribution in [0.25, 0.3) is 0 Å². The molecule has 2 rings (SSSR count). The van der Waals surface area contributed by atoms with Gasteiger partial charge < -0.3 is 10.2 Å². The summed E-state index contributed by atoms with van der Waals surface area (Å²) in [6, 6.07) is 7.94. The van der Waals surface area contributed by atoms with Gasteiger partial charge in [0.05, 0.1) is 11.7 Å². The van der Waals surface area contributed by atoms with Crippen LogP contribution in [-0.2, 0) is 10.0 Å². The van der Waals surface area contributed by atoms with E-state index in [1.807, 2.05) is 13.8 Å². The maximum Gasteiger partial charge on any atom is 0.243 e. The maximum atomic E-state index is 12.3. The number of hydrogen-bond donors (Lipinski definition) is 2. The van der Waals surface area contributed by atoms with Crippen LogP contribution in [0.1, 0.15) is 30.0 Å². The van der Waals surface area contributed by atoms with E-state index in [1.165, 1.54) is 6.07 Å². The molecule has 1 unspecified atom stereocenters. The van der Waals surface area contributed by atoms with Crippen molar-refractivity contribution in [3.8, 4) is 0 Å². The molecule has 20 heavy (non-hydrogen) atoms. The largest absolute Gasteiger partial charge is 0.465 e. The minimum atomic E-state index is -3.68.